The number of hydrogen-bond donors (Lipinski definition) is 3. The van der Waals surface area contributed by atoms with E-state index in [-0.39, 0.29) is 12.1 Å². The summed E-state index contributed by atoms with van der Waals surface area (Å²) in [5.74, 6) is 0. The number of hydrogen-bond acceptors (Lipinski definition) is 4. The van der Waals surface area contributed by atoms with Gasteiger partial charge in [0.05, 0.1) is 24.4 Å². The quantitative estimate of drug-likeness (QED) is 0.686. The molecule has 2 aromatic heterocycles. The Balaban J connectivity index is 1.39. The molecule has 1 aliphatic rings. The van der Waals surface area contributed by atoms with Crippen LogP contribution in [0.15, 0.2) is 42.0 Å². The SMILES string of the molecule is O=C(NCc1cn2ccsc2n1)N[C@H]1c2ccccc2C[C@@H]1O. The lowest BCUT2D eigenvalue weighted by molar-refractivity contribution is 0.142. The molecule has 0 unspecified atom stereocenters. The molecule has 2 heterocycles. The van der Waals surface area contributed by atoms with Crippen LogP contribution in [0.25, 0.3) is 4.96 Å². The van der Waals surface area contributed by atoms with E-state index in [1.54, 1.807) is 11.3 Å². The number of urea groups is 1. The van der Waals surface area contributed by atoms with E-state index in [1.165, 1.54) is 0 Å². The summed E-state index contributed by atoms with van der Waals surface area (Å²) in [4.78, 5) is 17.4. The number of rotatable bonds is 3. The molecule has 3 aromatic rings. The molecule has 1 aliphatic carbocycles. The lowest BCUT2D eigenvalue weighted by Gasteiger charge is -2.18. The van der Waals surface area contributed by atoms with Crippen molar-refractivity contribution in [3.63, 3.8) is 0 Å². The van der Waals surface area contributed by atoms with Gasteiger partial charge in [-0.05, 0) is 11.1 Å². The first-order valence-corrected chi connectivity index (χ1v) is 8.30. The fourth-order valence-electron chi connectivity index (χ4n) is 2.97. The first-order valence-electron chi connectivity index (χ1n) is 7.42. The van der Waals surface area contributed by atoms with Crippen LogP contribution >= 0.6 is 11.3 Å². The Bertz CT molecular complexity index is 828. The molecule has 0 aliphatic heterocycles. The molecule has 0 bridgehead atoms. The summed E-state index contributed by atoms with van der Waals surface area (Å²) < 4.78 is 1.93. The van der Waals surface area contributed by atoms with Gasteiger partial charge in [0.25, 0.3) is 0 Å². The largest absolute Gasteiger partial charge is 0.390 e. The van der Waals surface area contributed by atoms with Crippen LogP contribution in [0.5, 0.6) is 0 Å². The maximum atomic E-state index is 12.1. The topological polar surface area (TPSA) is 78.7 Å². The average molecular weight is 328 g/mol. The van der Waals surface area contributed by atoms with Crippen molar-refractivity contribution in [3.8, 4) is 0 Å². The van der Waals surface area contributed by atoms with Crippen LogP contribution in [-0.4, -0.2) is 26.6 Å². The van der Waals surface area contributed by atoms with E-state index in [1.807, 2.05) is 46.4 Å². The second-order valence-electron chi connectivity index (χ2n) is 5.60. The van der Waals surface area contributed by atoms with Crippen molar-refractivity contribution in [1.82, 2.24) is 20.0 Å². The van der Waals surface area contributed by atoms with Gasteiger partial charge in [0.1, 0.15) is 0 Å². The summed E-state index contributed by atoms with van der Waals surface area (Å²) >= 11 is 1.55. The predicted molar refractivity (Wildman–Crippen MR) is 87.3 cm³/mol. The Labute approximate surface area is 136 Å². The zero-order chi connectivity index (χ0) is 15.8. The van der Waals surface area contributed by atoms with E-state index in [4.69, 9.17) is 0 Å². The Morgan fingerprint density at radius 1 is 1.43 bits per heavy atom. The highest BCUT2D eigenvalue weighted by Gasteiger charge is 2.31. The highest BCUT2D eigenvalue weighted by molar-refractivity contribution is 7.15. The van der Waals surface area contributed by atoms with Crippen molar-refractivity contribution in [2.75, 3.05) is 0 Å². The zero-order valence-corrected chi connectivity index (χ0v) is 13.1. The molecule has 6 nitrogen and oxygen atoms in total. The summed E-state index contributed by atoms with van der Waals surface area (Å²) in [7, 11) is 0. The number of fused-ring (bicyclic) bond motifs is 2. The smallest absolute Gasteiger partial charge is 0.315 e. The third-order valence-electron chi connectivity index (χ3n) is 4.06. The normalized spacial score (nSPS) is 19.7. The number of benzene rings is 1. The van der Waals surface area contributed by atoms with Gasteiger partial charge in [-0.3, -0.25) is 4.40 Å². The van der Waals surface area contributed by atoms with Crippen LogP contribution < -0.4 is 10.6 Å². The fourth-order valence-corrected chi connectivity index (χ4v) is 3.69. The monoisotopic (exact) mass is 328 g/mol. The first-order chi connectivity index (χ1) is 11.2. The van der Waals surface area contributed by atoms with E-state index in [9.17, 15) is 9.90 Å². The van der Waals surface area contributed by atoms with E-state index < -0.39 is 6.10 Å². The van der Waals surface area contributed by atoms with Gasteiger partial charge in [0.2, 0.25) is 0 Å². The number of carbonyl (C=O) groups is 1. The molecule has 3 N–H and O–H groups in total. The van der Waals surface area contributed by atoms with Crippen LogP contribution in [0.4, 0.5) is 4.79 Å². The number of aliphatic hydroxyl groups excluding tert-OH is 1. The van der Waals surface area contributed by atoms with Gasteiger partial charge < -0.3 is 15.7 Å². The molecule has 23 heavy (non-hydrogen) atoms. The second-order valence-corrected chi connectivity index (χ2v) is 6.47. The number of imidazole rings is 1. The van der Waals surface area contributed by atoms with Crippen molar-refractivity contribution in [1.29, 1.82) is 0 Å². The highest BCUT2D eigenvalue weighted by atomic mass is 32.1. The standard InChI is InChI=1S/C16H16N4O2S/c21-13-7-10-3-1-2-4-12(10)14(13)19-15(22)17-8-11-9-20-5-6-23-16(20)18-11/h1-6,9,13-14,21H,7-8H2,(H2,17,19,22)/t13-,14-/m0/s1. The lowest BCUT2D eigenvalue weighted by Crippen LogP contribution is -2.40. The van der Waals surface area contributed by atoms with Crippen molar-refractivity contribution < 1.29 is 9.90 Å². The number of aromatic nitrogens is 2. The molecule has 0 fully saturated rings. The van der Waals surface area contributed by atoms with Gasteiger partial charge >= 0.3 is 6.03 Å². The summed E-state index contributed by atoms with van der Waals surface area (Å²) in [6, 6.07) is 7.12. The summed E-state index contributed by atoms with van der Waals surface area (Å²) in [6.45, 7) is 0.352. The number of amides is 2. The number of thiazole rings is 1. The van der Waals surface area contributed by atoms with Crippen molar-refractivity contribution in [2.24, 2.45) is 0 Å². The summed E-state index contributed by atoms with van der Waals surface area (Å²) in [5, 5.41) is 17.8. The minimum atomic E-state index is -0.587. The van der Waals surface area contributed by atoms with Crippen LogP contribution in [0.3, 0.4) is 0 Å². The number of nitrogens with one attached hydrogen (secondary N) is 2. The Morgan fingerprint density at radius 3 is 3.17 bits per heavy atom. The molecule has 2 amide bonds. The molecule has 0 spiro atoms. The van der Waals surface area contributed by atoms with Gasteiger partial charge in [-0.2, -0.15) is 0 Å². The van der Waals surface area contributed by atoms with Crippen molar-refractivity contribution in [3.05, 3.63) is 58.9 Å². The van der Waals surface area contributed by atoms with Gasteiger partial charge in [-0.25, -0.2) is 9.78 Å². The Kier molecular flexibility index (Phi) is 3.51. The molecule has 1 aromatic carbocycles. The van der Waals surface area contributed by atoms with Crippen LogP contribution in [0.1, 0.15) is 22.9 Å². The maximum Gasteiger partial charge on any atom is 0.315 e. The molecule has 0 radical (unpaired) electrons. The van der Waals surface area contributed by atoms with E-state index in [0.717, 1.165) is 21.8 Å². The fraction of sp³-hybridized carbons (Fsp3) is 0.250. The van der Waals surface area contributed by atoms with Gasteiger partial charge in [-0.1, -0.05) is 24.3 Å². The van der Waals surface area contributed by atoms with Crippen molar-refractivity contribution in [2.45, 2.75) is 25.1 Å². The Morgan fingerprint density at radius 2 is 2.30 bits per heavy atom. The van der Waals surface area contributed by atoms with Crippen LogP contribution in [-0.2, 0) is 13.0 Å². The van der Waals surface area contributed by atoms with Crippen LogP contribution in [0, 0.1) is 0 Å². The minimum Gasteiger partial charge on any atom is -0.390 e. The first kappa shape index (κ1) is 14.2. The minimum absolute atomic E-state index is 0.304. The average Bonchev–Trinajstić information content (AvgIpc) is 3.19. The summed E-state index contributed by atoms with van der Waals surface area (Å²) in [6.07, 6.45) is 3.81. The molecule has 2 atom stereocenters. The van der Waals surface area contributed by atoms with E-state index in [0.29, 0.717) is 13.0 Å². The number of nitrogens with zero attached hydrogens (tertiary/aromatic N) is 2. The molecule has 4 rings (SSSR count). The molecule has 0 saturated carbocycles. The lowest BCUT2D eigenvalue weighted by atomic mass is 10.1. The summed E-state index contributed by atoms with van der Waals surface area (Å²) in [5.41, 5.74) is 2.87. The molecule has 7 heteroatoms. The predicted octanol–water partition coefficient (Wildman–Crippen LogP) is 1.85. The second kappa shape index (κ2) is 5.68. The van der Waals surface area contributed by atoms with E-state index >= 15 is 0 Å². The third-order valence-corrected chi connectivity index (χ3v) is 4.83. The maximum absolute atomic E-state index is 12.1. The molecular formula is C16H16N4O2S. The van der Waals surface area contributed by atoms with E-state index in [2.05, 4.69) is 15.6 Å². The number of carbonyl (C=O) groups excluding carboxylic acids is 1. The van der Waals surface area contributed by atoms with Crippen LogP contribution in [0.2, 0.25) is 0 Å². The molecule has 0 saturated heterocycles. The van der Waals surface area contributed by atoms with Gasteiger partial charge in [0.15, 0.2) is 4.96 Å². The molecular weight excluding hydrogens is 312 g/mol. The number of aliphatic hydroxyl groups is 1. The van der Waals surface area contributed by atoms with Gasteiger partial charge in [-0.15, -0.1) is 11.3 Å². The third kappa shape index (κ3) is 2.69. The molecule has 118 valence electrons. The van der Waals surface area contributed by atoms with Crippen molar-refractivity contribution >= 4 is 22.3 Å². The zero-order valence-electron chi connectivity index (χ0n) is 12.3. The Hall–Kier alpha value is -2.38. The highest BCUT2D eigenvalue weighted by Crippen LogP contribution is 2.31. The van der Waals surface area contributed by atoms with Gasteiger partial charge in [0, 0.05) is 24.2 Å².